The van der Waals surface area contributed by atoms with Crippen molar-refractivity contribution in [3.63, 3.8) is 0 Å². The monoisotopic (exact) mass is 311 g/mol. The Morgan fingerprint density at radius 2 is 1.57 bits per heavy atom. The van der Waals surface area contributed by atoms with Crippen LogP contribution in [0.5, 0.6) is 0 Å². The van der Waals surface area contributed by atoms with Crippen molar-refractivity contribution >= 4 is 23.3 Å². The van der Waals surface area contributed by atoms with Gasteiger partial charge in [-0.2, -0.15) is 0 Å². The molecule has 3 amide bonds. The average Bonchev–Trinajstić information content (AvgIpc) is 2.47. The molecule has 2 rings (SSSR count). The van der Waals surface area contributed by atoms with Crippen molar-refractivity contribution in [2.24, 2.45) is 0 Å². The van der Waals surface area contributed by atoms with Crippen LogP contribution in [0.1, 0.15) is 29.8 Å². The molecule has 0 radical (unpaired) electrons. The fourth-order valence-corrected chi connectivity index (χ4v) is 2.07. The molecule has 0 fully saturated rings. The molecule has 120 valence electrons. The van der Waals surface area contributed by atoms with Crippen LogP contribution in [-0.2, 0) is 0 Å². The number of anilines is 2. The van der Waals surface area contributed by atoms with Crippen molar-refractivity contribution in [2.45, 2.75) is 26.8 Å². The minimum atomic E-state index is -0.324. The second-order valence-corrected chi connectivity index (χ2v) is 5.65. The molecule has 23 heavy (non-hydrogen) atoms. The zero-order chi connectivity index (χ0) is 16.8. The number of aryl methyl sites for hydroxylation is 1. The number of benzene rings is 2. The molecule has 2 aromatic carbocycles. The predicted molar refractivity (Wildman–Crippen MR) is 92.9 cm³/mol. The van der Waals surface area contributed by atoms with Gasteiger partial charge in [0, 0.05) is 23.0 Å². The zero-order valence-electron chi connectivity index (χ0n) is 13.5. The van der Waals surface area contributed by atoms with E-state index in [4.69, 9.17) is 0 Å². The third-order valence-corrected chi connectivity index (χ3v) is 3.10. The van der Waals surface area contributed by atoms with E-state index in [2.05, 4.69) is 16.0 Å². The molecule has 0 spiro atoms. The second kappa shape index (κ2) is 7.45. The minimum Gasteiger partial charge on any atom is -0.350 e. The molecule has 0 heterocycles. The van der Waals surface area contributed by atoms with Gasteiger partial charge in [-0.1, -0.05) is 12.1 Å². The lowest BCUT2D eigenvalue weighted by atomic mass is 10.2. The van der Waals surface area contributed by atoms with Crippen LogP contribution in [-0.4, -0.2) is 18.0 Å². The van der Waals surface area contributed by atoms with Gasteiger partial charge >= 0.3 is 6.03 Å². The Hall–Kier alpha value is -2.82. The molecule has 0 unspecified atom stereocenters. The first kappa shape index (κ1) is 16.5. The maximum absolute atomic E-state index is 12.0. The molecule has 5 heteroatoms. The molecule has 0 saturated carbocycles. The number of carbonyl (C=O) groups excluding carboxylic acids is 2. The summed E-state index contributed by atoms with van der Waals surface area (Å²) in [5.41, 5.74) is 2.98. The van der Waals surface area contributed by atoms with Gasteiger partial charge in [0.15, 0.2) is 0 Å². The standard InChI is InChI=1S/C18H21N3O2/c1-12(2)19-17(22)14-7-9-15(10-8-14)20-18(23)21-16-6-4-5-13(3)11-16/h4-12H,1-3H3,(H,19,22)(H2,20,21,23). The normalized spacial score (nSPS) is 10.3. The highest BCUT2D eigenvalue weighted by molar-refractivity contribution is 6.00. The number of rotatable bonds is 4. The lowest BCUT2D eigenvalue weighted by Crippen LogP contribution is -2.30. The Balaban J connectivity index is 1.95. The van der Waals surface area contributed by atoms with Crippen molar-refractivity contribution in [3.05, 3.63) is 59.7 Å². The SMILES string of the molecule is Cc1cccc(NC(=O)Nc2ccc(C(=O)NC(C)C)cc2)c1. The van der Waals surface area contributed by atoms with Crippen LogP contribution in [0.25, 0.3) is 0 Å². The number of nitrogens with one attached hydrogen (secondary N) is 3. The van der Waals surface area contributed by atoms with Crippen LogP contribution in [0.15, 0.2) is 48.5 Å². The second-order valence-electron chi connectivity index (χ2n) is 5.65. The van der Waals surface area contributed by atoms with E-state index in [1.807, 2.05) is 45.0 Å². The molecule has 0 bridgehead atoms. The summed E-state index contributed by atoms with van der Waals surface area (Å²) < 4.78 is 0. The summed E-state index contributed by atoms with van der Waals surface area (Å²) in [7, 11) is 0. The molecule has 0 aromatic heterocycles. The van der Waals surface area contributed by atoms with Gasteiger partial charge in [-0.15, -0.1) is 0 Å². The maximum Gasteiger partial charge on any atom is 0.323 e. The van der Waals surface area contributed by atoms with E-state index in [1.54, 1.807) is 24.3 Å². The molecule has 2 aromatic rings. The van der Waals surface area contributed by atoms with Crippen LogP contribution in [0.4, 0.5) is 16.2 Å². The van der Waals surface area contributed by atoms with E-state index < -0.39 is 0 Å². The van der Waals surface area contributed by atoms with Crippen molar-refractivity contribution < 1.29 is 9.59 Å². The molecule has 0 saturated heterocycles. The van der Waals surface area contributed by atoms with Gasteiger partial charge in [0.2, 0.25) is 0 Å². The smallest absolute Gasteiger partial charge is 0.323 e. The highest BCUT2D eigenvalue weighted by Crippen LogP contribution is 2.12. The Bertz CT molecular complexity index is 694. The van der Waals surface area contributed by atoms with Gasteiger partial charge in [-0.05, 0) is 62.7 Å². The van der Waals surface area contributed by atoms with E-state index in [0.717, 1.165) is 11.3 Å². The first-order chi connectivity index (χ1) is 10.9. The number of hydrogen-bond donors (Lipinski definition) is 3. The highest BCUT2D eigenvalue weighted by atomic mass is 16.2. The van der Waals surface area contributed by atoms with Crippen LogP contribution in [0.3, 0.4) is 0 Å². The molecular weight excluding hydrogens is 290 g/mol. The fraction of sp³-hybridized carbons (Fsp3) is 0.222. The zero-order valence-corrected chi connectivity index (χ0v) is 13.5. The van der Waals surface area contributed by atoms with Crippen LogP contribution < -0.4 is 16.0 Å². The van der Waals surface area contributed by atoms with Crippen molar-refractivity contribution in [1.82, 2.24) is 5.32 Å². The highest BCUT2D eigenvalue weighted by Gasteiger charge is 2.07. The molecule has 0 aliphatic heterocycles. The Labute approximate surface area is 136 Å². The van der Waals surface area contributed by atoms with Crippen molar-refractivity contribution in [2.75, 3.05) is 10.6 Å². The van der Waals surface area contributed by atoms with E-state index in [0.29, 0.717) is 11.3 Å². The summed E-state index contributed by atoms with van der Waals surface area (Å²) in [6, 6.07) is 14.1. The molecule has 0 aliphatic carbocycles. The molecule has 5 nitrogen and oxygen atoms in total. The summed E-state index contributed by atoms with van der Waals surface area (Å²) in [6.07, 6.45) is 0. The minimum absolute atomic E-state index is 0.0837. The quantitative estimate of drug-likeness (QED) is 0.804. The maximum atomic E-state index is 12.0. The Morgan fingerprint density at radius 1 is 0.913 bits per heavy atom. The lowest BCUT2D eigenvalue weighted by Gasteiger charge is -2.10. The topological polar surface area (TPSA) is 70.2 Å². The molecule has 3 N–H and O–H groups in total. The molecular formula is C18H21N3O2. The average molecular weight is 311 g/mol. The molecule has 0 aliphatic rings. The number of carbonyl (C=O) groups is 2. The summed E-state index contributed by atoms with van der Waals surface area (Å²) in [4.78, 5) is 23.8. The van der Waals surface area contributed by atoms with Crippen LogP contribution in [0.2, 0.25) is 0 Å². The van der Waals surface area contributed by atoms with Gasteiger partial charge < -0.3 is 16.0 Å². The first-order valence-electron chi connectivity index (χ1n) is 7.49. The number of hydrogen-bond acceptors (Lipinski definition) is 2. The van der Waals surface area contributed by atoms with E-state index in [-0.39, 0.29) is 18.0 Å². The van der Waals surface area contributed by atoms with E-state index in [9.17, 15) is 9.59 Å². The molecule has 0 atom stereocenters. The summed E-state index contributed by atoms with van der Waals surface area (Å²) >= 11 is 0. The van der Waals surface area contributed by atoms with Gasteiger partial charge in [0.25, 0.3) is 5.91 Å². The first-order valence-corrected chi connectivity index (χ1v) is 7.49. The van der Waals surface area contributed by atoms with Crippen LogP contribution >= 0.6 is 0 Å². The van der Waals surface area contributed by atoms with Crippen molar-refractivity contribution in [1.29, 1.82) is 0 Å². The predicted octanol–water partition coefficient (Wildman–Crippen LogP) is 3.78. The Morgan fingerprint density at radius 3 is 2.17 bits per heavy atom. The summed E-state index contributed by atoms with van der Waals surface area (Å²) in [6.45, 7) is 5.77. The Kier molecular flexibility index (Phi) is 5.36. The van der Waals surface area contributed by atoms with E-state index >= 15 is 0 Å². The third-order valence-electron chi connectivity index (χ3n) is 3.10. The largest absolute Gasteiger partial charge is 0.350 e. The van der Waals surface area contributed by atoms with Crippen LogP contribution in [0, 0.1) is 6.92 Å². The van der Waals surface area contributed by atoms with Crippen molar-refractivity contribution in [3.8, 4) is 0 Å². The van der Waals surface area contributed by atoms with Gasteiger partial charge in [0.05, 0.1) is 0 Å². The van der Waals surface area contributed by atoms with E-state index in [1.165, 1.54) is 0 Å². The summed E-state index contributed by atoms with van der Waals surface area (Å²) in [5.74, 6) is -0.129. The number of amides is 3. The van der Waals surface area contributed by atoms with Gasteiger partial charge in [-0.3, -0.25) is 4.79 Å². The lowest BCUT2D eigenvalue weighted by molar-refractivity contribution is 0.0943. The summed E-state index contributed by atoms with van der Waals surface area (Å²) in [5, 5.41) is 8.32. The van der Waals surface area contributed by atoms with Gasteiger partial charge in [-0.25, -0.2) is 4.79 Å². The van der Waals surface area contributed by atoms with Gasteiger partial charge in [0.1, 0.15) is 0 Å². The fourth-order valence-electron chi connectivity index (χ4n) is 2.07. The third kappa shape index (κ3) is 5.14. The number of urea groups is 1.